The number of sulfonamides is 1. The molecule has 0 bridgehead atoms. The number of hydrogen-bond donors (Lipinski definition) is 2. The van der Waals surface area contributed by atoms with E-state index in [2.05, 4.69) is 40.3 Å². The fourth-order valence-electron chi connectivity index (χ4n) is 3.32. The molecule has 0 saturated heterocycles. The van der Waals surface area contributed by atoms with E-state index in [1.165, 1.54) is 17.7 Å². The molecule has 0 amide bonds. The van der Waals surface area contributed by atoms with Crippen LogP contribution in [0.25, 0.3) is 0 Å². The van der Waals surface area contributed by atoms with Crippen molar-refractivity contribution in [1.82, 2.24) is 5.32 Å². The van der Waals surface area contributed by atoms with Crippen molar-refractivity contribution in [2.45, 2.75) is 38.3 Å². The molecule has 8 heteroatoms. The van der Waals surface area contributed by atoms with Crippen LogP contribution in [0.5, 0.6) is 11.5 Å². The molecule has 0 aromatic heterocycles. The number of nitrogens with two attached hydrogens (primary N) is 1. The van der Waals surface area contributed by atoms with Gasteiger partial charge in [0, 0.05) is 11.0 Å². The second-order valence-corrected chi connectivity index (χ2v) is 10.1. The molecule has 6 nitrogen and oxygen atoms in total. The van der Waals surface area contributed by atoms with E-state index in [4.69, 9.17) is 14.6 Å². The Morgan fingerprint density at radius 2 is 1.67 bits per heavy atom. The molecule has 0 radical (unpaired) electrons. The number of halogens is 1. The van der Waals surface area contributed by atoms with Gasteiger partial charge in [0.2, 0.25) is 10.0 Å². The van der Waals surface area contributed by atoms with Crippen LogP contribution in [0.1, 0.15) is 29.2 Å². The number of ether oxygens (including phenoxy) is 2. The number of primary sulfonamides is 1. The Balaban J connectivity index is 1.60. The van der Waals surface area contributed by atoms with E-state index >= 15 is 0 Å². The van der Waals surface area contributed by atoms with Crippen LogP contribution in [0, 0.1) is 6.92 Å². The van der Waals surface area contributed by atoms with E-state index < -0.39 is 10.0 Å². The Morgan fingerprint density at radius 3 is 2.33 bits per heavy atom. The molecule has 3 aromatic carbocycles. The largest absolute Gasteiger partial charge is 0.490 e. The predicted octanol–water partition coefficient (Wildman–Crippen LogP) is 4.71. The van der Waals surface area contributed by atoms with Gasteiger partial charge < -0.3 is 14.8 Å². The zero-order valence-corrected chi connectivity index (χ0v) is 21.2. The second-order valence-electron chi connectivity index (χ2n) is 7.65. The first-order chi connectivity index (χ1) is 15.8. The van der Waals surface area contributed by atoms with Crippen LogP contribution in [-0.4, -0.2) is 21.6 Å². The molecule has 3 N–H and O–H groups in total. The zero-order chi connectivity index (χ0) is 23.8. The number of aryl methyl sites for hydroxylation is 1. The molecule has 0 unspecified atom stereocenters. The summed E-state index contributed by atoms with van der Waals surface area (Å²) in [5.74, 6) is 1.41. The van der Waals surface area contributed by atoms with Crippen molar-refractivity contribution in [2.75, 3.05) is 13.2 Å². The quantitative estimate of drug-likeness (QED) is 0.349. The molecule has 176 valence electrons. The first-order valence-corrected chi connectivity index (χ1v) is 13.1. The molecule has 0 heterocycles. The Kier molecular flexibility index (Phi) is 8.91. The highest BCUT2D eigenvalue weighted by atomic mass is 79.9. The predicted molar refractivity (Wildman–Crippen MR) is 134 cm³/mol. The third-order valence-corrected chi connectivity index (χ3v) is 6.88. The van der Waals surface area contributed by atoms with Crippen LogP contribution in [0.15, 0.2) is 70.0 Å². The minimum atomic E-state index is -3.66. The molecule has 0 spiro atoms. The summed E-state index contributed by atoms with van der Waals surface area (Å²) in [7, 11) is -3.66. The number of hydrogen-bond acceptors (Lipinski definition) is 5. The number of benzene rings is 3. The van der Waals surface area contributed by atoms with Gasteiger partial charge in [0.15, 0.2) is 11.5 Å². The molecule has 3 rings (SSSR count). The summed E-state index contributed by atoms with van der Waals surface area (Å²) in [4.78, 5) is 0.122. The third-order valence-electron chi connectivity index (χ3n) is 5.21. The Hall–Kier alpha value is -2.39. The van der Waals surface area contributed by atoms with Crippen molar-refractivity contribution in [2.24, 2.45) is 5.14 Å². The van der Waals surface area contributed by atoms with Crippen molar-refractivity contribution in [1.29, 1.82) is 0 Å². The average molecular weight is 533 g/mol. The van der Waals surface area contributed by atoms with Gasteiger partial charge in [0.05, 0.1) is 11.5 Å². The standard InChI is InChI=1S/C25H29BrN2O4S/c1-3-31-24-14-21(16-28-13-12-19-8-10-22(11-9-19)33(27,29)30)23(26)15-25(24)32-17-20-7-5-4-6-18(20)2/h4-11,14-15,28H,3,12-13,16-17H2,1-2H3,(H2,27,29,30). The van der Waals surface area contributed by atoms with Crippen molar-refractivity contribution in [3.63, 3.8) is 0 Å². The highest BCUT2D eigenvalue weighted by molar-refractivity contribution is 9.10. The Labute approximate surface area is 204 Å². The lowest BCUT2D eigenvalue weighted by molar-refractivity contribution is 0.268. The average Bonchev–Trinajstić information content (AvgIpc) is 2.78. The van der Waals surface area contributed by atoms with Crippen molar-refractivity contribution < 1.29 is 17.9 Å². The Bertz CT molecular complexity index is 1180. The fourth-order valence-corrected chi connectivity index (χ4v) is 4.30. The van der Waals surface area contributed by atoms with Crippen molar-refractivity contribution in [3.8, 4) is 11.5 Å². The summed E-state index contributed by atoms with van der Waals surface area (Å²) in [6, 6.07) is 18.7. The lowest BCUT2D eigenvalue weighted by Gasteiger charge is -2.16. The monoisotopic (exact) mass is 532 g/mol. The van der Waals surface area contributed by atoms with Gasteiger partial charge in [-0.05, 0) is 73.3 Å². The normalized spacial score (nSPS) is 11.4. The van der Waals surface area contributed by atoms with Gasteiger partial charge in [-0.25, -0.2) is 13.6 Å². The van der Waals surface area contributed by atoms with Gasteiger partial charge >= 0.3 is 0 Å². The van der Waals surface area contributed by atoms with Crippen LogP contribution in [0.3, 0.4) is 0 Å². The molecule has 0 saturated carbocycles. The maximum Gasteiger partial charge on any atom is 0.238 e. The van der Waals surface area contributed by atoms with E-state index in [1.54, 1.807) is 12.1 Å². The Morgan fingerprint density at radius 1 is 0.970 bits per heavy atom. The summed E-state index contributed by atoms with van der Waals surface area (Å²) >= 11 is 3.65. The minimum Gasteiger partial charge on any atom is -0.490 e. The highest BCUT2D eigenvalue weighted by Crippen LogP contribution is 2.34. The molecular formula is C25H29BrN2O4S. The summed E-state index contributed by atoms with van der Waals surface area (Å²) in [6.45, 7) is 6.42. The molecule has 0 atom stereocenters. The number of nitrogens with one attached hydrogen (secondary N) is 1. The third kappa shape index (κ3) is 7.30. The van der Waals surface area contributed by atoms with Gasteiger partial charge in [-0.3, -0.25) is 0 Å². The first-order valence-electron chi connectivity index (χ1n) is 10.7. The van der Waals surface area contributed by atoms with Crippen LogP contribution in [-0.2, 0) is 29.6 Å². The molecule has 0 fully saturated rings. The lowest BCUT2D eigenvalue weighted by Crippen LogP contribution is -2.17. The maximum absolute atomic E-state index is 11.4. The van der Waals surface area contributed by atoms with Crippen molar-refractivity contribution >= 4 is 26.0 Å². The van der Waals surface area contributed by atoms with Crippen LogP contribution in [0.4, 0.5) is 0 Å². The molecule has 0 aliphatic carbocycles. The maximum atomic E-state index is 11.4. The number of rotatable bonds is 11. The van der Waals surface area contributed by atoms with Gasteiger partial charge in [0.1, 0.15) is 6.61 Å². The smallest absolute Gasteiger partial charge is 0.238 e. The van der Waals surface area contributed by atoms with Gasteiger partial charge in [-0.1, -0.05) is 52.3 Å². The summed E-state index contributed by atoms with van der Waals surface area (Å²) in [5, 5.41) is 8.56. The summed E-state index contributed by atoms with van der Waals surface area (Å²) < 4.78 is 35.6. The zero-order valence-electron chi connectivity index (χ0n) is 18.8. The summed E-state index contributed by atoms with van der Waals surface area (Å²) in [6.07, 6.45) is 0.762. The first kappa shape index (κ1) is 25.2. The van der Waals surface area contributed by atoms with E-state index in [1.807, 2.05) is 31.2 Å². The van der Waals surface area contributed by atoms with Gasteiger partial charge in [-0.15, -0.1) is 0 Å². The van der Waals surface area contributed by atoms with Crippen LogP contribution < -0.4 is 19.9 Å². The summed E-state index contributed by atoms with van der Waals surface area (Å²) in [5.41, 5.74) is 4.42. The van der Waals surface area contributed by atoms with E-state index in [0.717, 1.165) is 34.1 Å². The van der Waals surface area contributed by atoms with E-state index in [-0.39, 0.29) is 4.90 Å². The topological polar surface area (TPSA) is 90.6 Å². The van der Waals surface area contributed by atoms with Crippen LogP contribution >= 0.6 is 15.9 Å². The van der Waals surface area contributed by atoms with E-state index in [0.29, 0.717) is 31.3 Å². The molecule has 0 aliphatic heterocycles. The second kappa shape index (κ2) is 11.7. The van der Waals surface area contributed by atoms with Crippen LogP contribution in [0.2, 0.25) is 0 Å². The SMILES string of the molecule is CCOc1cc(CNCCc2ccc(S(N)(=O)=O)cc2)c(Br)cc1OCc1ccccc1C. The van der Waals surface area contributed by atoms with E-state index in [9.17, 15) is 8.42 Å². The fraction of sp³-hybridized carbons (Fsp3) is 0.280. The molecule has 3 aromatic rings. The van der Waals surface area contributed by atoms with Crippen molar-refractivity contribution in [3.05, 3.63) is 87.4 Å². The van der Waals surface area contributed by atoms with Gasteiger partial charge in [0.25, 0.3) is 0 Å². The molecular weight excluding hydrogens is 504 g/mol. The lowest BCUT2D eigenvalue weighted by atomic mass is 10.1. The minimum absolute atomic E-state index is 0.122. The highest BCUT2D eigenvalue weighted by Gasteiger charge is 2.12. The van der Waals surface area contributed by atoms with Gasteiger partial charge in [-0.2, -0.15) is 0 Å². The molecule has 0 aliphatic rings. The molecule has 33 heavy (non-hydrogen) atoms.